The number of hydrogen-bond acceptors (Lipinski definition) is 7. The molecule has 0 radical (unpaired) electrons. The Labute approximate surface area is 186 Å². The topological polar surface area (TPSA) is 105 Å². The van der Waals surface area contributed by atoms with Gasteiger partial charge in [0, 0.05) is 29.9 Å². The van der Waals surface area contributed by atoms with E-state index in [9.17, 15) is 9.90 Å². The lowest BCUT2D eigenvalue weighted by atomic mass is 9.70. The molecule has 4 aliphatic rings. The number of aliphatic hydroxyl groups excluding tert-OH is 1. The number of fused-ring (bicyclic) bond motifs is 3. The molecular formula is C23H28N6O3. The first-order valence-electron chi connectivity index (χ1n) is 11.5. The van der Waals surface area contributed by atoms with Gasteiger partial charge in [-0.1, -0.05) is 18.2 Å². The molecule has 2 aromatic rings. The first-order chi connectivity index (χ1) is 15.5. The molecule has 6 rings (SSSR count). The number of carbonyl (C=O) groups is 1. The highest BCUT2D eigenvalue weighted by atomic mass is 16.6. The van der Waals surface area contributed by atoms with Crippen LogP contribution in [0.2, 0.25) is 0 Å². The molecule has 2 N–H and O–H groups in total. The van der Waals surface area contributed by atoms with Gasteiger partial charge in [0.1, 0.15) is 0 Å². The molecule has 3 aliphatic heterocycles. The van der Waals surface area contributed by atoms with Gasteiger partial charge in [0.25, 0.3) is 0 Å². The van der Waals surface area contributed by atoms with Crippen molar-refractivity contribution in [1.82, 2.24) is 30.4 Å². The van der Waals surface area contributed by atoms with Crippen molar-refractivity contribution in [3.05, 3.63) is 41.1 Å². The molecule has 1 spiro atoms. The van der Waals surface area contributed by atoms with Gasteiger partial charge in [0.2, 0.25) is 5.91 Å². The fourth-order valence-corrected chi connectivity index (χ4v) is 6.02. The fourth-order valence-electron chi connectivity index (χ4n) is 6.02. The Morgan fingerprint density at radius 1 is 1.31 bits per heavy atom. The lowest BCUT2D eigenvalue weighted by Crippen LogP contribution is -2.42. The smallest absolute Gasteiger partial charge is 0.233 e. The van der Waals surface area contributed by atoms with Gasteiger partial charge in [-0.15, -0.1) is 5.10 Å². The molecule has 1 unspecified atom stereocenters. The van der Waals surface area contributed by atoms with E-state index in [2.05, 4.69) is 46.0 Å². The van der Waals surface area contributed by atoms with Crippen LogP contribution in [-0.2, 0) is 22.6 Å². The minimum absolute atomic E-state index is 0.151. The van der Waals surface area contributed by atoms with Crippen LogP contribution in [0, 0.1) is 5.41 Å². The molecule has 4 heterocycles. The van der Waals surface area contributed by atoms with Crippen LogP contribution < -0.4 is 5.32 Å². The number of tetrazole rings is 1. The summed E-state index contributed by atoms with van der Waals surface area (Å²) in [7, 11) is 0. The molecule has 9 nitrogen and oxygen atoms in total. The number of carbonyl (C=O) groups excluding carboxylic acids is 1. The summed E-state index contributed by atoms with van der Waals surface area (Å²) in [5, 5.41) is 25.2. The Morgan fingerprint density at radius 2 is 2.16 bits per heavy atom. The molecule has 1 aliphatic carbocycles. The summed E-state index contributed by atoms with van der Waals surface area (Å²) in [5.74, 6) is 1.06. The number of likely N-dealkylation sites (tertiary alicyclic amines) is 1. The Hall–Kier alpha value is -2.62. The highest BCUT2D eigenvalue weighted by Crippen LogP contribution is 2.48. The van der Waals surface area contributed by atoms with Gasteiger partial charge < -0.3 is 20.1 Å². The van der Waals surface area contributed by atoms with Crippen molar-refractivity contribution in [2.75, 3.05) is 6.61 Å². The van der Waals surface area contributed by atoms with Crippen LogP contribution in [0.15, 0.2) is 30.0 Å². The largest absolute Gasteiger partial charge is 0.365 e. The normalized spacial score (nSPS) is 31.3. The molecule has 32 heavy (non-hydrogen) atoms. The van der Waals surface area contributed by atoms with Gasteiger partial charge in [-0.05, 0) is 66.7 Å². The van der Waals surface area contributed by atoms with Crippen LogP contribution in [0.4, 0.5) is 0 Å². The van der Waals surface area contributed by atoms with Crippen LogP contribution in [0.3, 0.4) is 0 Å². The molecule has 2 atom stereocenters. The van der Waals surface area contributed by atoms with E-state index in [-0.39, 0.29) is 17.4 Å². The first kappa shape index (κ1) is 20.0. The number of rotatable bonds is 4. The minimum Gasteiger partial charge on any atom is -0.365 e. The molecule has 0 bridgehead atoms. The van der Waals surface area contributed by atoms with Crippen molar-refractivity contribution < 1.29 is 14.6 Å². The van der Waals surface area contributed by atoms with E-state index in [0.29, 0.717) is 12.6 Å². The molecule has 1 amide bonds. The maximum atomic E-state index is 13.4. The Kier molecular flexibility index (Phi) is 4.67. The van der Waals surface area contributed by atoms with Gasteiger partial charge in [-0.3, -0.25) is 4.79 Å². The van der Waals surface area contributed by atoms with E-state index < -0.39 is 6.29 Å². The zero-order chi connectivity index (χ0) is 21.9. The number of hydrogen-bond donors (Lipinski definition) is 2. The zero-order valence-electron chi connectivity index (χ0n) is 18.2. The van der Waals surface area contributed by atoms with Gasteiger partial charge in [0.05, 0.1) is 18.6 Å². The van der Waals surface area contributed by atoms with Crippen LogP contribution in [0.1, 0.15) is 50.2 Å². The molecule has 9 heteroatoms. The molecule has 168 valence electrons. The standard InChI is InChI=1S/C23H28N6O3/c1-14-10-23(22(31)29(14)18-9-20(30)32-13-18)6-4-17(5-7-23)24-11-15-2-3-19-16(8-15)12-28-21(19)25-26-27-28/h2-3,8-9,14,17,20,24,30H,4-7,10-13H2,1H3/t14-,17?,20?,23?/m0/s1. The van der Waals surface area contributed by atoms with Crippen molar-refractivity contribution in [3.63, 3.8) is 0 Å². The van der Waals surface area contributed by atoms with E-state index in [1.165, 1.54) is 11.1 Å². The van der Waals surface area contributed by atoms with Crippen LogP contribution in [0.5, 0.6) is 0 Å². The molecule has 1 aromatic heterocycles. The minimum atomic E-state index is -0.894. The highest BCUT2D eigenvalue weighted by molar-refractivity contribution is 5.87. The summed E-state index contributed by atoms with van der Waals surface area (Å²) in [4.78, 5) is 15.2. The van der Waals surface area contributed by atoms with E-state index >= 15 is 0 Å². The second-order valence-corrected chi connectivity index (χ2v) is 9.68. The van der Waals surface area contributed by atoms with Gasteiger partial charge in [0.15, 0.2) is 12.1 Å². The van der Waals surface area contributed by atoms with E-state index in [4.69, 9.17) is 4.74 Å². The fraction of sp³-hybridized carbons (Fsp3) is 0.565. The summed E-state index contributed by atoms with van der Waals surface area (Å²) in [6, 6.07) is 7.06. The summed E-state index contributed by atoms with van der Waals surface area (Å²) in [6.45, 7) is 3.96. The van der Waals surface area contributed by atoms with Gasteiger partial charge >= 0.3 is 0 Å². The third-order valence-corrected chi connectivity index (χ3v) is 7.65. The van der Waals surface area contributed by atoms with E-state index in [1.54, 1.807) is 6.08 Å². The second-order valence-electron chi connectivity index (χ2n) is 9.68. The zero-order valence-corrected chi connectivity index (χ0v) is 18.2. The molecule has 2 fully saturated rings. The Balaban J connectivity index is 1.06. The predicted octanol–water partition coefficient (Wildman–Crippen LogP) is 1.57. The maximum absolute atomic E-state index is 13.4. The van der Waals surface area contributed by atoms with Gasteiger partial charge in [-0.25, -0.2) is 4.68 Å². The van der Waals surface area contributed by atoms with E-state index in [1.807, 2.05) is 9.58 Å². The number of benzene rings is 1. The van der Waals surface area contributed by atoms with Crippen molar-refractivity contribution in [3.8, 4) is 11.4 Å². The van der Waals surface area contributed by atoms with E-state index in [0.717, 1.165) is 62.3 Å². The van der Waals surface area contributed by atoms with Crippen molar-refractivity contribution in [1.29, 1.82) is 0 Å². The summed E-state index contributed by atoms with van der Waals surface area (Å²) in [5.41, 5.74) is 4.17. The van der Waals surface area contributed by atoms with Crippen molar-refractivity contribution in [2.45, 2.75) is 70.5 Å². The van der Waals surface area contributed by atoms with Gasteiger partial charge in [-0.2, -0.15) is 0 Å². The first-order valence-corrected chi connectivity index (χ1v) is 11.5. The monoisotopic (exact) mass is 436 g/mol. The summed E-state index contributed by atoms with van der Waals surface area (Å²) < 4.78 is 7.06. The third kappa shape index (κ3) is 3.18. The number of ether oxygens (including phenoxy) is 1. The number of amides is 1. The predicted molar refractivity (Wildman–Crippen MR) is 115 cm³/mol. The average molecular weight is 437 g/mol. The number of nitrogens with zero attached hydrogens (tertiary/aromatic N) is 5. The Bertz CT molecular complexity index is 1090. The van der Waals surface area contributed by atoms with Crippen molar-refractivity contribution in [2.24, 2.45) is 5.41 Å². The molecular weight excluding hydrogens is 408 g/mol. The average Bonchev–Trinajstić information content (AvgIpc) is 3.52. The molecule has 1 saturated heterocycles. The van der Waals surface area contributed by atoms with Crippen LogP contribution in [0.25, 0.3) is 11.4 Å². The molecule has 1 aromatic carbocycles. The SMILES string of the molecule is C[C@H]1CC2(CCC(NCc3ccc4c(c3)Cn3nnnc3-4)CC2)C(=O)N1C1=CC(O)OC1. The second kappa shape index (κ2) is 7.47. The number of aromatic nitrogens is 4. The van der Waals surface area contributed by atoms with Crippen LogP contribution in [-0.4, -0.2) is 61.1 Å². The lowest BCUT2D eigenvalue weighted by Gasteiger charge is -2.36. The lowest BCUT2D eigenvalue weighted by molar-refractivity contribution is -0.137. The highest BCUT2D eigenvalue weighted by Gasteiger charge is 2.52. The number of aliphatic hydroxyl groups is 1. The third-order valence-electron chi connectivity index (χ3n) is 7.65. The molecule has 1 saturated carbocycles. The maximum Gasteiger partial charge on any atom is 0.233 e. The van der Waals surface area contributed by atoms with Crippen molar-refractivity contribution >= 4 is 5.91 Å². The quantitative estimate of drug-likeness (QED) is 0.640. The number of nitrogens with one attached hydrogen (secondary N) is 1. The Morgan fingerprint density at radius 3 is 2.94 bits per heavy atom. The van der Waals surface area contributed by atoms with Crippen LogP contribution >= 0.6 is 0 Å². The summed E-state index contributed by atoms with van der Waals surface area (Å²) in [6.07, 6.45) is 5.47. The summed E-state index contributed by atoms with van der Waals surface area (Å²) >= 11 is 0.